The van der Waals surface area contributed by atoms with E-state index in [4.69, 9.17) is 9.47 Å². The van der Waals surface area contributed by atoms with Crippen LogP contribution in [0, 0.1) is 5.92 Å². The molecule has 1 unspecified atom stereocenters. The molecule has 0 aromatic heterocycles. The van der Waals surface area contributed by atoms with E-state index >= 15 is 0 Å². The molecule has 0 aliphatic carbocycles. The number of amides is 1. The predicted molar refractivity (Wildman–Crippen MR) is 64.3 cm³/mol. The van der Waals surface area contributed by atoms with E-state index in [0.29, 0.717) is 0 Å². The molecule has 0 aromatic carbocycles. The summed E-state index contributed by atoms with van der Waals surface area (Å²) in [4.78, 5) is 32.2. The van der Waals surface area contributed by atoms with Crippen LogP contribution in [0.3, 0.4) is 0 Å². The molecule has 0 spiro atoms. The van der Waals surface area contributed by atoms with Gasteiger partial charge < -0.3 is 14.8 Å². The molecule has 2 N–H and O–H groups in total. The van der Waals surface area contributed by atoms with Crippen LogP contribution >= 0.6 is 0 Å². The molecule has 9 heteroatoms. The van der Waals surface area contributed by atoms with Gasteiger partial charge in [0, 0.05) is 0 Å². The average Bonchev–Trinajstić information content (AvgIpc) is 2.75. The van der Waals surface area contributed by atoms with Crippen molar-refractivity contribution in [3.8, 4) is 0 Å². The van der Waals surface area contributed by atoms with Gasteiger partial charge in [0.25, 0.3) is 0 Å². The number of esters is 1. The van der Waals surface area contributed by atoms with Crippen LogP contribution in [-0.4, -0.2) is 30.1 Å². The zero-order valence-corrected chi connectivity index (χ0v) is 12.1. The van der Waals surface area contributed by atoms with Crippen molar-refractivity contribution in [2.75, 3.05) is 0 Å². The zero-order chi connectivity index (χ0) is 15.3. The van der Waals surface area contributed by atoms with E-state index in [1.807, 2.05) is 0 Å². The molecular formula is C11H20N2O7. The second kappa shape index (κ2) is 6.84. The van der Waals surface area contributed by atoms with Crippen molar-refractivity contribution in [2.24, 2.45) is 5.92 Å². The molecule has 1 aliphatic rings. The lowest BCUT2D eigenvalue weighted by molar-refractivity contribution is -0.477. The Balaban J connectivity index is 2.54. The molecule has 0 bridgehead atoms. The fourth-order valence-electron chi connectivity index (χ4n) is 1.29. The number of ether oxygens (including phenoxy) is 2. The first-order valence-electron chi connectivity index (χ1n) is 6.13. The van der Waals surface area contributed by atoms with Gasteiger partial charge in [-0.15, -0.1) is 15.4 Å². The van der Waals surface area contributed by atoms with Gasteiger partial charge in [0.15, 0.2) is 0 Å². The highest BCUT2D eigenvalue weighted by atomic mass is 17.6. The van der Waals surface area contributed by atoms with E-state index in [0.717, 1.165) is 0 Å². The lowest BCUT2D eigenvalue weighted by Gasteiger charge is -2.24. The van der Waals surface area contributed by atoms with Crippen LogP contribution in [0.2, 0.25) is 0 Å². The Morgan fingerprint density at radius 3 is 2.40 bits per heavy atom. The topological polar surface area (TPSA) is 104 Å². The Morgan fingerprint density at radius 1 is 1.30 bits per heavy atom. The first-order valence-corrected chi connectivity index (χ1v) is 6.13. The molecule has 1 fully saturated rings. The number of hydrogen-bond acceptors (Lipinski definition) is 8. The predicted octanol–water partition coefficient (Wildman–Crippen LogP) is 0.760. The summed E-state index contributed by atoms with van der Waals surface area (Å²) in [5, 5.41) is 6.49. The normalized spacial score (nSPS) is 20.6. The smallest absolute Gasteiger partial charge is 0.408 e. The van der Waals surface area contributed by atoms with Crippen LogP contribution in [-0.2, 0) is 29.2 Å². The Kier molecular flexibility index (Phi) is 5.69. The highest BCUT2D eigenvalue weighted by molar-refractivity contribution is 5.81. The minimum absolute atomic E-state index is 0.210. The minimum Gasteiger partial charge on any atom is -0.444 e. The molecule has 1 rings (SSSR count). The second-order valence-corrected chi connectivity index (χ2v) is 5.50. The minimum atomic E-state index is -1.19. The number of hydroxylamine groups is 1. The second-order valence-electron chi connectivity index (χ2n) is 5.50. The van der Waals surface area contributed by atoms with Gasteiger partial charge in [0.2, 0.25) is 0 Å². The van der Waals surface area contributed by atoms with Crippen LogP contribution in [0.4, 0.5) is 4.79 Å². The summed E-state index contributed by atoms with van der Waals surface area (Å²) in [5.74, 6) is -0.921. The quantitative estimate of drug-likeness (QED) is 0.578. The molecule has 0 radical (unpaired) electrons. The Hall–Kier alpha value is -1.42. The Labute approximate surface area is 116 Å². The lowest BCUT2D eigenvalue weighted by Crippen LogP contribution is -2.48. The summed E-state index contributed by atoms with van der Waals surface area (Å²) in [6.07, 6.45) is -1.90. The Bertz CT molecular complexity index is 347. The van der Waals surface area contributed by atoms with E-state index in [1.165, 1.54) is 0 Å². The molecule has 1 amide bonds. The van der Waals surface area contributed by atoms with Crippen molar-refractivity contribution < 1.29 is 34.0 Å². The highest BCUT2D eigenvalue weighted by Gasteiger charge is 2.32. The SMILES string of the molecule is CC(C)[C@H](NC(=O)OC(C)(C)C)C(=O)OC1NOOO1. The number of rotatable bonds is 4. The number of carbonyl (C=O) groups is 2. The van der Waals surface area contributed by atoms with Crippen LogP contribution in [0.1, 0.15) is 34.6 Å². The van der Waals surface area contributed by atoms with Gasteiger partial charge in [-0.1, -0.05) is 13.8 Å². The third-order valence-electron chi connectivity index (χ3n) is 2.12. The fourth-order valence-corrected chi connectivity index (χ4v) is 1.29. The molecule has 0 saturated carbocycles. The van der Waals surface area contributed by atoms with Gasteiger partial charge in [-0.05, 0) is 31.7 Å². The van der Waals surface area contributed by atoms with Crippen LogP contribution < -0.4 is 10.8 Å². The monoisotopic (exact) mass is 292 g/mol. The summed E-state index contributed by atoms with van der Waals surface area (Å²) in [6.45, 7) is 8.67. The van der Waals surface area contributed by atoms with Crippen molar-refractivity contribution in [2.45, 2.75) is 52.7 Å². The molecule has 0 aromatic rings. The van der Waals surface area contributed by atoms with Crippen molar-refractivity contribution in [3.63, 3.8) is 0 Å². The van der Waals surface area contributed by atoms with Gasteiger partial charge in [-0.25, -0.2) is 9.59 Å². The fraction of sp³-hybridized carbons (Fsp3) is 0.818. The van der Waals surface area contributed by atoms with Gasteiger partial charge in [0.1, 0.15) is 11.6 Å². The van der Waals surface area contributed by atoms with E-state index < -0.39 is 30.1 Å². The first-order chi connectivity index (χ1) is 9.19. The molecule has 1 saturated heterocycles. The Morgan fingerprint density at radius 2 is 1.95 bits per heavy atom. The first kappa shape index (κ1) is 16.6. The molecule has 1 aliphatic heterocycles. The van der Waals surface area contributed by atoms with Crippen molar-refractivity contribution in [1.29, 1.82) is 0 Å². The summed E-state index contributed by atoms with van der Waals surface area (Å²) in [6, 6.07) is -0.893. The number of carbonyl (C=O) groups excluding carboxylic acids is 2. The largest absolute Gasteiger partial charge is 0.444 e. The summed E-state index contributed by atoms with van der Waals surface area (Å²) in [7, 11) is 0. The third-order valence-corrected chi connectivity index (χ3v) is 2.12. The van der Waals surface area contributed by atoms with E-state index in [2.05, 4.69) is 25.7 Å². The van der Waals surface area contributed by atoms with Gasteiger partial charge in [-0.2, -0.15) is 0 Å². The molecule has 116 valence electrons. The molecule has 20 heavy (non-hydrogen) atoms. The van der Waals surface area contributed by atoms with Crippen molar-refractivity contribution in [1.82, 2.24) is 10.8 Å². The maximum absolute atomic E-state index is 11.9. The van der Waals surface area contributed by atoms with E-state index in [1.54, 1.807) is 34.6 Å². The van der Waals surface area contributed by atoms with E-state index in [9.17, 15) is 9.59 Å². The van der Waals surface area contributed by atoms with Crippen molar-refractivity contribution in [3.05, 3.63) is 0 Å². The van der Waals surface area contributed by atoms with Crippen molar-refractivity contribution >= 4 is 12.1 Å². The molecule has 9 nitrogen and oxygen atoms in total. The number of nitrogens with one attached hydrogen (secondary N) is 2. The maximum Gasteiger partial charge on any atom is 0.408 e. The summed E-state index contributed by atoms with van der Waals surface area (Å²) < 4.78 is 9.96. The third kappa shape index (κ3) is 5.70. The van der Waals surface area contributed by atoms with Gasteiger partial charge >= 0.3 is 18.5 Å². The summed E-state index contributed by atoms with van der Waals surface area (Å²) >= 11 is 0. The lowest BCUT2D eigenvalue weighted by atomic mass is 10.1. The van der Waals surface area contributed by atoms with Gasteiger partial charge in [-0.3, -0.25) is 0 Å². The standard InChI is InChI=1S/C11H20N2O7/c1-6(2)7(12-9(15)17-11(3,4)5)8(14)16-10-13-19-20-18-10/h6-7,10,13H,1-5H3,(H,12,15)/t7-,10?/m0/s1. The molecule has 1 heterocycles. The average molecular weight is 292 g/mol. The van der Waals surface area contributed by atoms with Gasteiger partial charge in [0.05, 0.1) is 0 Å². The van der Waals surface area contributed by atoms with Crippen LogP contribution in [0.5, 0.6) is 0 Å². The van der Waals surface area contributed by atoms with Crippen LogP contribution in [0.15, 0.2) is 0 Å². The zero-order valence-electron chi connectivity index (χ0n) is 12.1. The van der Waals surface area contributed by atoms with E-state index in [-0.39, 0.29) is 5.92 Å². The number of alkyl carbamates (subject to hydrolysis) is 1. The highest BCUT2D eigenvalue weighted by Crippen LogP contribution is 2.11. The number of hydrogen-bond donors (Lipinski definition) is 2. The van der Waals surface area contributed by atoms with Crippen LogP contribution in [0.25, 0.3) is 0 Å². The summed E-state index contributed by atoms with van der Waals surface area (Å²) in [5.41, 5.74) is 1.48. The molecular weight excluding hydrogens is 272 g/mol. The molecule has 2 atom stereocenters. The maximum atomic E-state index is 11.9.